The highest BCUT2D eigenvalue weighted by Gasteiger charge is 2.47. The van der Waals surface area contributed by atoms with Gasteiger partial charge in [-0.2, -0.15) is 0 Å². The number of anilines is 1. The summed E-state index contributed by atoms with van der Waals surface area (Å²) in [6, 6.07) is 5.23. The van der Waals surface area contributed by atoms with E-state index in [4.69, 9.17) is 10.5 Å². The van der Waals surface area contributed by atoms with Crippen LogP contribution in [0.1, 0.15) is 25.7 Å². The highest BCUT2D eigenvalue weighted by molar-refractivity contribution is 5.92. The van der Waals surface area contributed by atoms with Crippen LogP contribution in [0.25, 0.3) is 0 Å². The molecule has 2 atom stereocenters. The molecule has 1 saturated carbocycles. The van der Waals surface area contributed by atoms with Crippen LogP contribution in [0.2, 0.25) is 0 Å². The first-order chi connectivity index (χ1) is 12.8. The van der Waals surface area contributed by atoms with Crippen molar-refractivity contribution in [1.82, 2.24) is 0 Å². The fraction of sp³-hybridized carbons (Fsp3) is 0.611. The second-order valence-corrected chi connectivity index (χ2v) is 7.14. The van der Waals surface area contributed by atoms with E-state index in [0.29, 0.717) is 25.4 Å². The molecular formula is C18H24F3N3O3. The maximum Gasteiger partial charge on any atom is 0.573 e. The number of benzene rings is 1. The lowest BCUT2D eigenvalue weighted by molar-refractivity contribution is -0.274. The average molecular weight is 387 g/mol. The first-order valence-electron chi connectivity index (χ1n) is 8.96. The van der Waals surface area contributed by atoms with Crippen molar-refractivity contribution in [2.24, 2.45) is 22.1 Å². The number of rotatable bonds is 4. The topological polar surface area (TPSA) is 89.1 Å². The van der Waals surface area contributed by atoms with Crippen LogP contribution in [0.3, 0.4) is 0 Å². The molecule has 1 aliphatic carbocycles. The van der Waals surface area contributed by atoms with Crippen LogP contribution in [0, 0.1) is 11.3 Å². The van der Waals surface area contributed by atoms with Gasteiger partial charge in [0.25, 0.3) is 0 Å². The Morgan fingerprint density at radius 3 is 2.56 bits per heavy atom. The van der Waals surface area contributed by atoms with Gasteiger partial charge in [0.2, 0.25) is 0 Å². The number of ether oxygens (including phenoxy) is 2. The molecule has 1 heterocycles. The number of aliphatic hydroxyl groups excluding tert-OH is 1. The third-order valence-corrected chi connectivity index (χ3v) is 5.43. The molecule has 0 amide bonds. The first-order valence-corrected chi connectivity index (χ1v) is 8.96. The third kappa shape index (κ3) is 5.04. The molecular weight excluding hydrogens is 363 g/mol. The van der Waals surface area contributed by atoms with E-state index in [1.807, 2.05) is 0 Å². The largest absolute Gasteiger partial charge is 0.573 e. The maximum atomic E-state index is 12.2. The molecule has 27 heavy (non-hydrogen) atoms. The Kier molecular flexibility index (Phi) is 5.81. The van der Waals surface area contributed by atoms with Crippen molar-refractivity contribution in [2.45, 2.75) is 38.1 Å². The predicted octanol–water partition coefficient (Wildman–Crippen LogP) is 2.88. The average Bonchev–Trinajstić information content (AvgIpc) is 2.90. The summed E-state index contributed by atoms with van der Waals surface area (Å²) in [5, 5.41) is 13.5. The predicted molar refractivity (Wildman–Crippen MR) is 94.5 cm³/mol. The van der Waals surface area contributed by atoms with E-state index in [1.54, 1.807) is 0 Å². The van der Waals surface area contributed by atoms with Gasteiger partial charge >= 0.3 is 6.36 Å². The summed E-state index contributed by atoms with van der Waals surface area (Å²) in [6.07, 6.45) is -1.55. The summed E-state index contributed by atoms with van der Waals surface area (Å²) in [7, 11) is 0. The molecule has 1 aliphatic heterocycles. The van der Waals surface area contributed by atoms with Gasteiger partial charge < -0.3 is 25.6 Å². The Labute approximate surface area is 155 Å². The monoisotopic (exact) mass is 387 g/mol. The maximum absolute atomic E-state index is 12.2. The van der Waals surface area contributed by atoms with Crippen molar-refractivity contribution in [3.05, 3.63) is 24.3 Å². The molecule has 6 nitrogen and oxygen atoms in total. The van der Waals surface area contributed by atoms with Gasteiger partial charge in [-0.05, 0) is 49.9 Å². The fourth-order valence-electron chi connectivity index (χ4n) is 3.94. The van der Waals surface area contributed by atoms with Gasteiger partial charge in [-0.15, -0.1) is 13.2 Å². The van der Waals surface area contributed by atoms with Gasteiger partial charge in [0.15, 0.2) is 5.96 Å². The third-order valence-electron chi connectivity index (χ3n) is 5.43. The Morgan fingerprint density at radius 1 is 1.26 bits per heavy atom. The summed E-state index contributed by atoms with van der Waals surface area (Å²) in [4.78, 5) is 4.29. The van der Waals surface area contributed by atoms with Crippen LogP contribution < -0.4 is 15.8 Å². The van der Waals surface area contributed by atoms with E-state index in [1.165, 1.54) is 24.3 Å². The fourth-order valence-corrected chi connectivity index (χ4v) is 3.94. The molecule has 2 unspecified atom stereocenters. The van der Waals surface area contributed by atoms with Gasteiger partial charge in [-0.25, -0.2) is 0 Å². The molecule has 2 fully saturated rings. The van der Waals surface area contributed by atoms with Crippen LogP contribution in [0.4, 0.5) is 18.9 Å². The highest BCUT2D eigenvalue weighted by Crippen LogP contribution is 2.48. The Balaban J connectivity index is 1.52. The van der Waals surface area contributed by atoms with Crippen LogP contribution in [0.5, 0.6) is 5.75 Å². The number of nitrogens with one attached hydrogen (secondary N) is 1. The van der Waals surface area contributed by atoms with Crippen molar-refractivity contribution in [3.8, 4) is 5.75 Å². The molecule has 1 aromatic rings. The Bertz CT molecular complexity index is 658. The van der Waals surface area contributed by atoms with Gasteiger partial charge in [0.05, 0.1) is 6.10 Å². The first kappa shape index (κ1) is 19.8. The number of aliphatic imine (C=N–C) groups is 1. The van der Waals surface area contributed by atoms with E-state index in [0.717, 1.165) is 25.7 Å². The highest BCUT2D eigenvalue weighted by atomic mass is 19.4. The van der Waals surface area contributed by atoms with Crippen molar-refractivity contribution in [1.29, 1.82) is 0 Å². The van der Waals surface area contributed by atoms with Crippen molar-refractivity contribution in [3.63, 3.8) is 0 Å². The van der Waals surface area contributed by atoms with E-state index in [9.17, 15) is 18.3 Å². The van der Waals surface area contributed by atoms with E-state index in [-0.39, 0.29) is 23.0 Å². The van der Waals surface area contributed by atoms with Crippen LogP contribution in [-0.4, -0.2) is 43.3 Å². The number of hydrogen-bond acceptors (Lipinski definition) is 4. The minimum atomic E-state index is -4.72. The van der Waals surface area contributed by atoms with E-state index < -0.39 is 12.5 Å². The molecule has 1 spiro atoms. The number of nitrogens with two attached hydrogens (primary N) is 1. The van der Waals surface area contributed by atoms with Crippen LogP contribution in [-0.2, 0) is 4.74 Å². The molecule has 1 aromatic carbocycles. The lowest BCUT2D eigenvalue weighted by Gasteiger charge is -2.37. The van der Waals surface area contributed by atoms with Crippen LogP contribution in [0.15, 0.2) is 29.3 Å². The van der Waals surface area contributed by atoms with E-state index in [2.05, 4.69) is 15.0 Å². The van der Waals surface area contributed by atoms with Crippen molar-refractivity contribution < 1.29 is 27.8 Å². The number of halogens is 3. The summed E-state index contributed by atoms with van der Waals surface area (Å²) in [5.74, 6) is -0.106. The van der Waals surface area contributed by atoms with Crippen molar-refractivity contribution in [2.75, 3.05) is 25.1 Å². The number of guanidine groups is 1. The lowest BCUT2D eigenvalue weighted by atomic mass is 9.76. The van der Waals surface area contributed by atoms with Gasteiger partial charge in [-0.1, -0.05) is 0 Å². The second-order valence-electron chi connectivity index (χ2n) is 7.14. The van der Waals surface area contributed by atoms with Gasteiger partial charge in [-0.3, -0.25) is 4.99 Å². The minimum Gasteiger partial charge on any atom is -0.406 e. The second kappa shape index (κ2) is 7.93. The summed E-state index contributed by atoms with van der Waals surface area (Å²) < 4.78 is 45.7. The summed E-state index contributed by atoms with van der Waals surface area (Å²) in [5.41, 5.74) is 6.30. The molecule has 9 heteroatoms. The SMILES string of the molecule is NC(=NCC1CCC2(CCOCC2)C1O)Nc1ccc(OC(F)(F)F)cc1. The standard InChI is InChI=1S/C18H24F3N3O3/c19-18(20,21)27-14-3-1-13(2-4-14)24-16(22)23-11-12-5-6-17(15(12)25)7-9-26-10-8-17/h1-4,12,15,25H,5-11H2,(H3,22,23,24). The number of aliphatic hydroxyl groups is 1. The molecule has 0 aromatic heterocycles. The zero-order valence-electron chi connectivity index (χ0n) is 14.8. The molecule has 2 aliphatic rings. The molecule has 1 saturated heterocycles. The normalized spacial score (nSPS) is 25.6. The molecule has 0 radical (unpaired) electrons. The zero-order chi connectivity index (χ0) is 19.5. The zero-order valence-corrected chi connectivity index (χ0v) is 14.8. The molecule has 4 N–H and O–H groups in total. The summed E-state index contributed by atoms with van der Waals surface area (Å²) >= 11 is 0. The Morgan fingerprint density at radius 2 is 1.93 bits per heavy atom. The molecule has 150 valence electrons. The van der Waals surface area contributed by atoms with Crippen molar-refractivity contribution >= 4 is 11.6 Å². The van der Waals surface area contributed by atoms with Crippen LogP contribution >= 0.6 is 0 Å². The quantitative estimate of drug-likeness (QED) is 0.546. The lowest BCUT2D eigenvalue weighted by Crippen LogP contribution is -2.39. The number of hydrogen-bond donors (Lipinski definition) is 3. The Hall–Kier alpha value is -2.00. The number of nitrogens with zero attached hydrogens (tertiary/aromatic N) is 1. The number of alkyl halides is 3. The van der Waals surface area contributed by atoms with Gasteiger partial charge in [0.1, 0.15) is 5.75 Å². The minimum absolute atomic E-state index is 0.0472. The molecule has 0 bridgehead atoms. The molecule has 3 rings (SSSR count). The smallest absolute Gasteiger partial charge is 0.406 e. The summed E-state index contributed by atoms with van der Waals surface area (Å²) in [6.45, 7) is 1.77. The van der Waals surface area contributed by atoms with Gasteiger partial charge in [0, 0.05) is 36.8 Å². The van der Waals surface area contributed by atoms with E-state index >= 15 is 0 Å².